The fraction of sp³-hybridized carbons (Fsp3) is 0.941. The Bertz CT molecular complexity index is 260. The molecule has 0 spiro atoms. The molecule has 0 radical (unpaired) electrons. The van der Waals surface area contributed by atoms with Crippen LogP contribution < -0.4 is 10.6 Å². The standard InChI is InChI=1S/C17H37N3O2/c1-5-7-8-9-11-16(3)20-17(18-6-2)19-12-10-13-22-15-14-21-4/h16H,5-15H2,1-4H3,(H2,18,19,20). The highest BCUT2D eigenvalue weighted by Gasteiger charge is 2.04. The normalized spacial score (nSPS) is 13.2. The molecule has 0 aromatic carbocycles. The van der Waals surface area contributed by atoms with Gasteiger partial charge in [-0.2, -0.15) is 0 Å². The molecule has 0 fully saturated rings. The average Bonchev–Trinajstić information content (AvgIpc) is 2.51. The number of hydrogen-bond acceptors (Lipinski definition) is 3. The van der Waals surface area contributed by atoms with Crippen LogP contribution in [0.1, 0.15) is 59.3 Å². The average molecular weight is 316 g/mol. The molecular formula is C17H37N3O2. The summed E-state index contributed by atoms with van der Waals surface area (Å²) >= 11 is 0. The van der Waals surface area contributed by atoms with E-state index in [9.17, 15) is 0 Å². The molecule has 1 atom stereocenters. The Balaban J connectivity index is 3.84. The maximum atomic E-state index is 5.44. The van der Waals surface area contributed by atoms with E-state index in [0.717, 1.165) is 32.1 Å². The van der Waals surface area contributed by atoms with Crippen molar-refractivity contribution in [3.05, 3.63) is 0 Å². The summed E-state index contributed by atoms with van der Waals surface area (Å²) in [5.74, 6) is 0.919. The highest BCUT2D eigenvalue weighted by atomic mass is 16.5. The van der Waals surface area contributed by atoms with Gasteiger partial charge < -0.3 is 20.1 Å². The van der Waals surface area contributed by atoms with Crippen molar-refractivity contribution in [2.75, 3.05) is 40.0 Å². The van der Waals surface area contributed by atoms with Gasteiger partial charge in [-0.25, -0.2) is 0 Å². The van der Waals surface area contributed by atoms with E-state index < -0.39 is 0 Å². The quantitative estimate of drug-likeness (QED) is 0.294. The van der Waals surface area contributed by atoms with Gasteiger partial charge in [0.1, 0.15) is 0 Å². The summed E-state index contributed by atoms with van der Waals surface area (Å²) in [6.07, 6.45) is 7.38. The highest BCUT2D eigenvalue weighted by Crippen LogP contribution is 2.05. The van der Waals surface area contributed by atoms with E-state index in [2.05, 4.69) is 36.4 Å². The molecule has 0 aromatic heterocycles. The second kappa shape index (κ2) is 16.6. The first kappa shape index (κ1) is 21.2. The van der Waals surface area contributed by atoms with Gasteiger partial charge in [-0.15, -0.1) is 0 Å². The fourth-order valence-electron chi connectivity index (χ4n) is 2.10. The molecule has 132 valence electrons. The Morgan fingerprint density at radius 2 is 1.86 bits per heavy atom. The molecule has 0 aliphatic carbocycles. The zero-order chi connectivity index (χ0) is 16.5. The van der Waals surface area contributed by atoms with Crippen LogP contribution in [0.4, 0.5) is 0 Å². The largest absolute Gasteiger partial charge is 0.382 e. The van der Waals surface area contributed by atoms with Crippen LogP contribution in [0.25, 0.3) is 0 Å². The Morgan fingerprint density at radius 3 is 2.55 bits per heavy atom. The molecule has 5 heteroatoms. The van der Waals surface area contributed by atoms with E-state index in [1.807, 2.05) is 0 Å². The first-order valence-electron chi connectivity index (χ1n) is 8.86. The van der Waals surface area contributed by atoms with E-state index in [1.165, 1.54) is 32.1 Å². The lowest BCUT2D eigenvalue weighted by Crippen LogP contribution is -2.42. The van der Waals surface area contributed by atoms with Crippen molar-refractivity contribution in [1.82, 2.24) is 10.6 Å². The lowest BCUT2D eigenvalue weighted by atomic mass is 10.1. The number of aliphatic imine (C=N–C) groups is 1. The second-order valence-electron chi connectivity index (χ2n) is 5.61. The molecular weight excluding hydrogens is 278 g/mol. The first-order chi connectivity index (χ1) is 10.7. The Labute approximate surface area is 137 Å². The molecule has 2 N–H and O–H groups in total. The van der Waals surface area contributed by atoms with E-state index in [0.29, 0.717) is 19.3 Å². The van der Waals surface area contributed by atoms with Crippen molar-refractivity contribution >= 4 is 5.96 Å². The minimum atomic E-state index is 0.465. The predicted octanol–water partition coefficient (Wildman–Crippen LogP) is 2.95. The monoisotopic (exact) mass is 315 g/mol. The van der Waals surface area contributed by atoms with Crippen LogP contribution >= 0.6 is 0 Å². The molecule has 5 nitrogen and oxygen atoms in total. The topological polar surface area (TPSA) is 54.9 Å². The highest BCUT2D eigenvalue weighted by molar-refractivity contribution is 5.79. The second-order valence-corrected chi connectivity index (χ2v) is 5.61. The minimum absolute atomic E-state index is 0.465. The summed E-state index contributed by atoms with van der Waals surface area (Å²) in [5, 5.41) is 6.79. The third-order valence-corrected chi connectivity index (χ3v) is 3.37. The Hall–Kier alpha value is -0.810. The molecule has 0 aromatic rings. The van der Waals surface area contributed by atoms with Gasteiger partial charge in [-0.05, 0) is 26.7 Å². The SMILES string of the molecule is CCCCCCC(C)NC(=NCCCOCCOC)NCC. The van der Waals surface area contributed by atoms with Crippen molar-refractivity contribution in [2.45, 2.75) is 65.3 Å². The van der Waals surface area contributed by atoms with E-state index in [1.54, 1.807) is 7.11 Å². The van der Waals surface area contributed by atoms with Crippen LogP contribution in [0.5, 0.6) is 0 Å². The summed E-state index contributed by atoms with van der Waals surface area (Å²) in [7, 11) is 1.69. The maximum Gasteiger partial charge on any atom is 0.191 e. The van der Waals surface area contributed by atoms with Gasteiger partial charge in [-0.3, -0.25) is 4.99 Å². The minimum Gasteiger partial charge on any atom is -0.382 e. The molecule has 0 bridgehead atoms. The first-order valence-corrected chi connectivity index (χ1v) is 8.86. The molecule has 1 unspecified atom stereocenters. The number of hydrogen-bond donors (Lipinski definition) is 2. The van der Waals surface area contributed by atoms with Gasteiger partial charge in [0.15, 0.2) is 5.96 Å². The molecule has 22 heavy (non-hydrogen) atoms. The summed E-state index contributed by atoms with van der Waals surface area (Å²) in [5.41, 5.74) is 0. The van der Waals surface area contributed by atoms with Crippen LogP contribution in [0, 0.1) is 0 Å². The fourth-order valence-corrected chi connectivity index (χ4v) is 2.10. The molecule has 0 aliphatic rings. The third-order valence-electron chi connectivity index (χ3n) is 3.37. The number of nitrogens with one attached hydrogen (secondary N) is 2. The van der Waals surface area contributed by atoms with Crippen LogP contribution in [0.15, 0.2) is 4.99 Å². The molecule has 0 aliphatic heterocycles. The summed E-state index contributed by atoms with van der Waals surface area (Å²) < 4.78 is 10.4. The van der Waals surface area contributed by atoms with Gasteiger partial charge in [-0.1, -0.05) is 32.6 Å². The molecule has 0 rings (SSSR count). The van der Waals surface area contributed by atoms with Crippen molar-refractivity contribution in [2.24, 2.45) is 4.99 Å². The predicted molar refractivity (Wildman–Crippen MR) is 94.6 cm³/mol. The summed E-state index contributed by atoms with van der Waals surface area (Å²) in [6, 6.07) is 0.465. The van der Waals surface area contributed by atoms with E-state index in [4.69, 9.17) is 9.47 Å². The zero-order valence-corrected chi connectivity index (χ0v) is 15.1. The van der Waals surface area contributed by atoms with Crippen LogP contribution in [0.3, 0.4) is 0 Å². The smallest absolute Gasteiger partial charge is 0.191 e. The number of rotatable bonds is 14. The Kier molecular flexibility index (Phi) is 15.9. The number of unbranched alkanes of at least 4 members (excludes halogenated alkanes) is 3. The number of guanidine groups is 1. The number of ether oxygens (including phenoxy) is 2. The lowest BCUT2D eigenvalue weighted by molar-refractivity contribution is 0.0702. The molecule has 0 amide bonds. The summed E-state index contributed by atoms with van der Waals surface area (Å²) in [4.78, 5) is 4.60. The molecule has 0 saturated heterocycles. The Morgan fingerprint density at radius 1 is 1.05 bits per heavy atom. The van der Waals surface area contributed by atoms with E-state index in [-0.39, 0.29) is 0 Å². The number of nitrogens with zero attached hydrogens (tertiary/aromatic N) is 1. The maximum absolute atomic E-state index is 5.44. The van der Waals surface area contributed by atoms with Crippen molar-refractivity contribution < 1.29 is 9.47 Å². The van der Waals surface area contributed by atoms with Crippen molar-refractivity contribution in [1.29, 1.82) is 0 Å². The third kappa shape index (κ3) is 14.1. The van der Waals surface area contributed by atoms with Crippen LogP contribution in [-0.2, 0) is 9.47 Å². The van der Waals surface area contributed by atoms with Gasteiger partial charge in [0.25, 0.3) is 0 Å². The van der Waals surface area contributed by atoms with Crippen molar-refractivity contribution in [3.63, 3.8) is 0 Å². The van der Waals surface area contributed by atoms with Crippen molar-refractivity contribution in [3.8, 4) is 0 Å². The van der Waals surface area contributed by atoms with Gasteiger partial charge >= 0.3 is 0 Å². The zero-order valence-electron chi connectivity index (χ0n) is 15.1. The van der Waals surface area contributed by atoms with Crippen LogP contribution in [0.2, 0.25) is 0 Å². The molecule has 0 heterocycles. The molecule has 0 saturated carbocycles. The van der Waals surface area contributed by atoms with Crippen LogP contribution in [-0.4, -0.2) is 52.0 Å². The number of methoxy groups -OCH3 is 1. The van der Waals surface area contributed by atoms with E-state index >= 15 is 0 Å². The van der Waals surface area contributed by atoms with Gasteiger partial charge in [0.2, 0.25) is 0 Å². The van der Waals surface area contributed by atoms with Gasteiger partial charge in [0.05, 0.1) is 13.2 Å². The lowest BCUT2D eigenvalue weighted by Gasteiger charge is -2.17. The summed E-state index contributed by atoms with van der Waals surface area (Å²) in [6.45, 7) is 10.3. The van der Waals surface area contributed by atoms with Gasteiger partial charge in [0, 0.05) is 32.8 Å².